The van der Waals surface area contributed by atoms with Crippen molar-refractivity contribution in [3.05, 3.63) is 105 Å². The Balaban J connectivity index is 1.61. The number of anilines is 1. The minimum atomic E-state index is -0.372. The fourth-order valence-corrected chi connectivity index (χ4v) is 4.76. The van der Waals surface area contributed by atoms with E-state index in [-0.39, 0.29) is 12.1 Å². The third kappa shape index (κ3) is 3.34. The van der Waals surface area contributed by atoms with Crippen LogP contribution in [0.1, 0.15) is 28.8 Å². The third-order valence-electron chi connectivity index (χ3n) is 5.98. The van der Waals surface area contributed by atoms with E-state index in [1.807, 2.05) is 71.4 Å². The number of rotatable bonds is 3. The SMILES string of the molecule is COc1ccc([C@@H]2C3=C(Nc4ncnn42)c2cc(Cl)ccc2O[C@H]3c2ccc(Cl)cc2)cc1. The van der Waals surface area contributed by atoms with E-state index in [9.17, 15) is 0 Å². The first-order valence-corrected chi connectivity index (χ1v) is 11.1. The van der Waals surface area contributed by atoms with Gasteiger partial charge < -0.3 is 14.8 Å². The van der Waals surface area contributed by atoms with E-state index >= 15 is 0 Å². The highest BCUT2D eigenvalue weighted by Crippen LogP contribution is 2.51. The maximum Gasteiger partial charge on any atom is 0.226 e. The van der Waals surface area contributed by atoms with E-state index in [0.717, 1.165) is 39.5 Å². The Morgan fingerprint density at radius 3 is 2.42 bits per heavy atom. The van der Waals surface area contributed by atoms with Crippen molar-refractivity contribution in [2.45, 2.75) is 12.1 Å². The van der Waals surface area contributed by atoms with Gasteiger partial charge in [-0.2, -0.15) is 10.1 Å². The summed E-state index contributed by atoms with van der Waals surface area (Å²) < 4.78 is 13.8. The smallest absolute Gasteiger partial charge is 0.226 e. The van der Waals surface area contributed by atoms with E-state index in [0.29, 0.717) is 16.0 Å². The van der Waals surface area contributed by atoms with Gasteiger partial charge in [-0.1, -0.05) is 47.5 Å². The van der Waals surface area contributed by atoms with Gasteiger partial charge in [-0.3, -0.25) is 0 Å². The van der Waals surface area contributed by atoms with Crippen LogP contribution in [0.25, 0.3) is 5.70 Å². The van der Waals surface area contributed by atoms with Crippen LogP contribution in [0, 0.1) is 0 Å². The highest BCUT2D eigenvalue weighted by molar-refractivity contribution is 6.31. The van der Waals surface area contributed by atoms with Gasteiger partial charge in [-0.15, -0.1) is 0 Å². The van der Waals surface area contributed by atoms with Crippen LogP contribution in [-0.2, 0) is 0 Å². The Kier molecular flexibility index (Phi) is 4.78. The van der Waals surface area contributed by atoms with Gasteiger partial charge in [-0.25, -0.2) is 4.68 Å². The van der Waals surface area contributed by atoms with Crippen molar-refractivity contribution < 1.29 is 9.47 Å². The molecule has 0 amide bonds. The van der Waals surface area contributed by atoms with Gasteiger partial charge in [0.25, 0.3) is 0 Å². The van der Waals surface area contributed by atoms with E-state index in [2.05, 4.69) is 15.4 Å². The Labute approximate surface area is 200 Å². The van der Waals surface area contributed by atoms with Crippen LogP contribution in [-0.4, -0.2) is 21.9 Å². The number of aromatic nitrogens is 3. The summed E-state index contributed by atoms with van der Waals surface area (Å²) in [6.45, 7) is 0. The Hall–Kier alpha value is -3.48. The quantitative estimate of drug-likeness (QED) is 0.383. The number of hydrogen-bond acceptors (Lipinski definition) is 5. The fraction of sp³-hybridized carbons (Fsp3) is 0.120. The highest BCUT2D eigenvalue weighted by atomic mass is 35.5. The van der Waals surface area contributed by atoms with Gasteiger partial charge in [0.15, 0.2) is 0 Å². The molecule has 33 heavy (non-hydrogen) atoms. The first kappa shape index (κ1) is 20.1. The lowest BCUT2D eigenvalue weighted by Gasteiger charge is -2.39. The minimum absolute atomic E-state index is 0.252. The molecule has 1 aromatic heterocycles. The molecule has 8 heteroatoms. The van der Waals surface area contributed by atoms with Crippen LogP contribution < -0.4 is 14.8 Å². The van der Waals surface area contributed by atoms with Gasteiger partial charge in [0.1, 0.15) is 30.0 Å². The maximum absolute atomic E-state index is 6.58. The van der Waals surface area contributed by atoms with Gasteiger partial charge in [0.2, 0.25) is 5.95 Å². The van der Waals surface area contributed by atoms with Gasteiger partial charge >= 0.3 is 0 Å². The summed E-state index contributed by atoms with van der Waals surface area (Å²) in [5.41, 5.74) is 4.83. The largest absolute Gasteiger partial charge is 0.497 e. The van der Waals surface area contributed by atoms with Gasteiger partial charge in [0, 0.05) is 21.2 Å². The van der Waals surface area contributed by atoms with Gasteiger partial charge in [-0.05, 0) is 53.6 Å². The van der Waals surface area contributed by atoms with Crippen LogP contribution in [0.2, 0.25) is 10.0 Å². The predicted octanol–water partition coefficient (Wildman–Crippen LogP) is 6.15. The second-order valence-corrected chi connectivity index (χ2v) is 8.72. The monoisotopic (exact) mass is 476 g/mol. The number of halogens is 2. The Morgan fingerprint density at radius 2 is 1.67 bits per heavy atom. The lowest BCUT2D eigenvalue weighted by Crippen LogP contribution is -2.32. The number of nitrogens with zero attached hydrogens (tertiary/aromatic N) is 3. The van der Waals surface area contributed by atoms with Crippen molar-refractivity contribution in [2.75, 3.05) is 12.4 Å². The highest BCUT2D eigenvalue weighted by Gasteiger charge is 2.41. The first-order chi connectivity index (χ1) is 16.1. The van der Waals surface area contributed by atoms with Crippen molar-refractivity contribution >= 4 is 34.8 Å². The van der Waals surface area contributed by atoms with Crippen LogP contribution in [0.5, 0.6) is 11.5 Å². The third-order valence-corrected chi connectivity index (χ3v) is 6.47. The molecular formula is C25H18Cl2N4O2. The second kappa shape index (κ2) is 7.83. The molecule has 3 heterocycles. The summed E-state index contributed by atoms with van der Waals surface area (Å²) in [4.78, 5) is 4.45. The molecule has 164 valence electrons. The van der Waals surface area contributed by atoms with E-state index in [1.165, 1.54) is 0 Å². The van der Waals surface area contributed by atoms with Crippen molar-refractivity contribution in [1.82, 2.24) is 14.8 Å². The summed E-state index contributed by atoms with van der Waals surface area (Å²) in [7, 11) is 1.65. The second-order valence-electron chi connectivity index (χ2n) is 7.85. The van der Waals surface area contributed by atoms with Crippen LogP contribution in [0.3, 0.4) is 0 Å². The number of ether oxygens (including phenoxy) is 2. The number of methoxy groups -OCH3 is 1. The van der Waals surface area contributed by atoms with Crippen LogP contribution in [0.4, 0.5) is 5.95 Å². The normalized spacial score (nSPS) is 18.5. The maximum atomic E-state index is 6.58. The number of hydrogen-bond donors (Lipinski definition) is 1. The van der Waals surface area contributed by atoms with E-state index in [4.69, 9.17) is 32.7 Å². The molecule has 2 aliphatic heterocycles. The molecule has 6 rings (SSSR count). The molecule has 6 nitrogen and oxygen atoms in total. The zero-order valence-electron chi connectivity index (χ0n) is 17.5. The molecule has 0 fully saturated rings. The number of nitrogens with one attached hydrogen (secondary N) is 1. The molecule has 0 saturated heterocycles. The van der Waals surface area contributed by atoms with E-state index in [1.54, 1.807) is 13.4 Å². The van der Waals surface area contributed by atoms with Crippen molar-refractivity contribution in [1.29, 1.82) is 0 Å². The zero-order valence-corrected chi connectivity index (χ0v) is 19.0. The molecule has 0 aliphatic carbocycles. The summed E-state index contributed by atoms with van der Waals surface area (Å²) in [6.07, 6.45) is 1.18. The zero-order chi connectivity index (χ0) is 22.5. The van der Waals surface area contributed by atoms with Gasteiger partial charge in [0.05, 0.1) is 12.8 Å². The standard InChI is InChI=1S/C25H18Cl2N4O2/c1-32-18-9-4-14(5-10-18)23-21-22(30-25-28-13-29-31(23)25)19-12-17(27)8-11-20(19)33-24(21)15-2-6-16(26)7-3-15/h2-13,23-24H,1H3,(H,28,29,30)/t23-,24+/m1/s1. The first-order valence-electron chi connectivity index (χ1n) is 10.4. The Morgan fingerprint density at radius 1 is 0.939 bits per heavy atom. The molecule has 3 aromatic carbocycles. The summed E-state index contributed by atoms with van der Waals surface area (Å²) in [5, 5.41) is 9.31. The number of benzene rings is 3. The molecule has 1 N–H and O–H groups in total. The molecule has 0 spiro atoms. The van der Waals surface area contributed by atoms with Crippen molar-refractivity contribution in [3.63, 3.8) is 0 Å². The lowest BCUT2D eigenvalue weighted by atomic mass is 9.84. The van der Waals surface area contributed by atoms with Crippen molar-refractivity contribution in [3.8, 4) is 11.5 Å². The molecule has 0 radical (unpaired) electrons. The summed E-state index contributed by atoms with van der Waals surface area (Å²) in [6, 6.07) is 21.1. The summed E-state index contributed by atoms with van der Waals surface area (Å²) in [5.74, 6) is 2.18. The Bertz CT molecular complexity index is 1380. The number of fused-ring (bicyclic) bond motifs is 3. The molecule has 0 bridgehead atoms. The fourth-order valence-electron chi connectivity index (χ4n) is 4.46. The molecule has 0 saturated carbocycles. The lowest BCUT2D eigenvalue weighted by molar-refractivity contribution is 0.223. The average molecular weight is 477 g/mol. The molecule has 2 aliphatic rings. The van der Waals surface area contributed by atoms with Crippen LogP contribution >= 0.6 is 23.2 Å². The molecule has 4 aromatic rings. The molecular weight excluding hydrogens is 459 g/mol. The summed E-state index contributed by atoms with van der Waals surface area (Å²) >= 11 is 12.6. The van der Waals surface area contributed by atoms with Crippen molar-refractivity contribution in [2.24, 2.45) is 0 Å². The average Bonchev–Trinajstić information content (AvgIpc) is 3.31. The molecule has 0 unspecified atom stereocenters. The molecule has 2 atom stereocenters. The minimum Gasteiger partial charge on any atom is -0.497 e. The van der Waals surface area contributed by atoms with E-state index < -0.39 is 0 Å². The predicted molar refractivity (Wildman–Crippen MR) is 128 cm³/mol. The van der Waals surface area contributed by atoms with Crippen LogP contribution in [0.15, 0.2) is 78.6 Å². The topological polar surface area (TPSA) is 61.2 Å².